The average molecular weight is 454 g/mol. The number of piperazine rings is 1. The number of anilines is 2. The van der Waals surface area contributed by atoms with Gasteiger partial charge in [0.2, 0.25) is 5.91 Å². The van der Waals surface area contributed by atoms with E-state index in [0.717, 1.165) is 11.8 Å². The molecule has 0 saturated carbocycles. The standard InChI is InChI=1S/C22H23ClF3N3O2/c1-14(21(31)27-20-8-5-17(23)13-19(20)22(24,25)26)28-9-11-29(12-10-28)18-6-3-16(4-7-18)15(2)30/h3-8,13-14H,9-12H2,1-2H3,(H,27,31)/t14-/m1/s1. The number of carbonyl (C=O) groups is 2. The number of nitrogens with one attached hydrogen (secondary N) is 1. The number of hydrogen-bond acceptors (Lipinski definition) is 4. The molecule has 0 unspecified atom stereocenters. The Bertz CT molecular complexity index is 955. The van der Waals surface area contributed by atoms with Gasteiger partial charge >= 0.3 is 6.18 Å². The summed E-state index contributed by atoms with van der Waals surface area (Å²) >= 11 is 5.69. The molecule has 1 aliphatic rings. The molecule has 1 N–H and O–H groups in total. The SMILES string of the molecule is CC(=O)c1ccc(N2CCN([C@H](C)C(=O)Nc3ccc(Cl)cc3C(F)(F)F)CC2)cc1. The van der Waals surface area contributed by atoms with Crippen molar-refractivity contribution >= 4 is 34.7 Å². The second-order valence-corrected chi connectivity index (χ2v) is 7.92. The van der Waals surface area contributed by atoms with E-state index in [-0.39, 0.29) is 16.5 Å². The quantitative estimate of drug-likeness (QED) is 0.666. The lowest BCUT2D eigenvalue weighted by atomic mass is 10.1. The smallest absolute Gasteiger partial charge is 0.369 e. The van der Waals surface area contributed by atoms with Crippen molar-refractivity contribution in [2.24, 2.45) is 0 Å². The second kappa shape index (κ2) is 9.28. The van der Waals surface area contributed by atoms with Gasteiger partial charge in [0.15, 0.2) is 5.78 Å². The van der Waals surface area contributed by atoms with E-state index in [1.807, 2.05) is 17.0 Å². The first-order valence-corrected chi connectivity index (χ1v) is 10.2. The Morgan fingerprint density at radius 2 is 1.65 bits per heavy atom. The molecule has 1 atom stereocenters. The van der Waals surface area contributed by atoms with E-state index >= 15 is 0 Å². The molecule has 166 valence electrons. The Morgan fingerprint density at radius 3 is 2.19 bits per heavy atom. The maximum absolute atomic E-state index is 13.3. The molecule has 1 saturated heterocycles. The predicted octanol–water partition coefficient (Wildman–Crippen LogP) is 4.71. The average Bonchev–Trinajstić information content (AvgIpc) is 2.74. The van der Waals surface area contributed by atoms with E-state index in [4.69, 9.17) is 11.6 Å². The zero-order valence-electron chi connectivity index (χ0n) is 17.2. The van der Waals surface area contributed by atoms with Crippen LogP contribution in [0.25, 0.3) is 0 Å². The summed E-state index contributed by atoms with van der Waals surface area (Å²) in [7, 11) is 0. The summed E-state index contributed by atoms with van der Waals surface area (Å²) in [4.78, 5) is 28.1. The van der Waals surface area contributed by atoms with E-state index in [0.29, 0.717) is 31.7 Å². The number of amides is 1. The van der Waals surface area contributed by atoms with Gasteiger partial charge in [-0.3, -0.25) is 14.5 Å². The number of carbonyl (C=O) groups excluding carboxylic acids is 2. The van der Waals surface area contributed by atoms with Crippen molar-refractivity contribution in [3.8, 4) is 0 Å². The maximum atomic E-state index is 13.3. The molecule has 1 fully saturated rings. The van der Waals surface area contributed by atoms with Crippen molar-refractivity contribution < 1.29 is 22.8 Å². The third-order valence-electron chi connectivity index (χ3n) is 5.43. The van der Waals surface area contributed by atoms with Crippen molar-refractivity contribution in [2.75, 3.05) is 36.4 Å². The molecule has 2 aromatic rings. The van der Waals surface area contributed by atoms with Crippen LogP contribution in [-0.2, 0) is 11.0 Å². The van der Waals surface area contributed by atoms with Gasteiger partial charge in [-0.2, -0.15) is 13.2 Å². The van der Waals surface area contributed by atoms with Crippen LogP contribution < -0.4 is 10.2 Å². The lowest BCUT2D eigenvalue weighted by Crippen LogP contribution is -2.52. The molecule has 1 heterocycles. The molecule has 0 spiro atoms. The molecule has 0 aromatic heterocycles. The van der Waals surface area contributed by atoms with Crippen LogP contribution in [0, 0.1) is 0 Å². The fourth-order valence-corrected chi connectivity index (χ4v) is 3.71. The zero-order chi connectivity index (χ0) is 22.8. The fraction of sp³-hybridized carbons (Fsp3) is 0.364. The minimum absolute atomic E-state index is 0.00516. The minimum atomic E-state index is -4.62. The number of Topliss-reactive ketones (excluding diaryl/α,β-unsaturated/α-hetero) is 1. The molecule has 2 aromatic carbocycles. The van der Waals surface area contributed by atoms with E-state index < -0.39 is 23.7 Å². The maximum Gasteiger partial charge on any atom is 0.418 e. The molecule has 31 heavy (non-hydrogen) atoms. The highest BCUT2D eigenvalue weighted by Gasteiger charge is 2.35. The van der Waals surface area contributed by atoms with Gasteiger partial charge in [-0.25, -0.2) is 0 Å². The molecule has 1 amide bonds. The summed E-state index contributed by atoms with van der Waals surface area (Å²) in [6, 6.07) is 10.0. The molecular formula is C22H23ClF3N3O2. The third kappa shape index (κ3) is 5.57. The molecule has 3 rings (SSSR count). The lowest BCUT2D eigenvalue weighted by Gasteiger charge is -2.38. The van der Waals surface area contributed by atoms with E-state index in [1.54, 1.807) is 19.1 Å². The van der Waals surface area contributed by atoms with Gasteiger partial charge in [0.1, 0.15) is 0 Å². The summed E-state index contributed by atoms with van der Waals surface area (Å²) in [5.74, 6) is -0.502. The Hall–Kier alpha value is -2.58. The Labute approximate surface area is 183 Å². The van der Waals surface area contributed by atoms with Crippen LogP contribution in [-0.4, -0.2) is 48.8 Å². The van der Waals surface area contributed by atoms with Crippen LogP contribution in [0.4, 0.5) is 24.5 Å². The highest BCUT2D eigenvalue weighted by molar-refractivity contribution is 6.30. The number of alkyl halides is 3. The second-order valence-electron chi connectivity index (χ2n) is 7.48. The van der Waals surface area contributed by atoms with Crippen molar-refractivity contribution in [1.82, 2.24) is 4.90 Å². The van der Waals surface area contributed by atoms with E-state index in [9.17, 15) is 22.8 Å². The number of rotatable bonds is 5. The largest absolute Gasteiger partial charge is 0.418 e. The first kappa shape index (κ1) is 23.1. The summed E-state index contributed by atoms with van der Waals surface area (Å²) in [5.41, 5.74) is 0.350. The number of nitrogens with zero attached hydrogens (tertiary/aromatic N) is 2. The number of halogens is 4. The molecule has 1 aliphatic heterocycles. The van der Waals surface area contributed by atoms with Crippen molar-refractivity contribution in [3.05, 3.63) is 58.6 Å². The normalized spacial score (nSPS) is 16.1. The van der Waals surface area contributed by atoms with Crippen molar-refractivity contribution in [3.63, 3.8) is 0 Å². The summed E-state index contributed by atoms with van der Waals surface area (Å²) < 4.78 is 39.8. The first-order chi connectivity index (χ1) is 14.6. The molecular weight excluding hydrogens is 431 g/mol. The summed E-state index contributed by atoms with van der Waals surface area (Å²) in [6.45, 7) is 5.67. The van der Waals surface area contributed by atoms with Crippen LogP contribution in [0.15, 0.2) is 42.5 Å². The molecule has 0 bridgehead atoms. The van der Waals surface area contributed by atoms with Gasteiger partial charge in [0, 0.05) is 42.5 Å². The topological polar surface area (TPSA) is 52.7 Å². The number of benzene rings is 2. The minimum Gasteiger partial charge on any atom is -0.369 e. The highest BCUT2D eigenvalue weighted by atomic mass is 35.5. The Morgan fingerprint density at radius 1 is 1.03 bits per heavy atom. The van der Waals surface area contributed by atoms with Gasteiger partial charge in [-0.15, -0.1) is 0 Å². The first-order valence-electron chi connectivity index (χ1n) is 9.84. The monoisotopic (exact) mass is 453 g/mol. The van der Waals surface area contributed by atoms with E-state index in [1.165, 1.54) is 19.1 Å². The van der Waals surface area contributed by atoms with Crippen LogP contribution >= 0.6 is 11.6 Å². The number of hydrogen-bond donors (Lipinski definition) is 1. The van der Waals surface area contributed by atoms with Gasteiger partial charge < -0.3 is 10.2 Å². The number of ketones is 1. The zero-order valence-corrected chi connectivity index (χ0v) is 17.9. The summed E-state index contributed by atoms with van der Waals surface area (Å²) in [5, 5.41) is 2.35. The third-order valence-corrected chi connectivity index (χ3v) is 5.66. The Balaban J connectivity index is 1.61. The Kier molecular flexibility index (Phi) is 6.91. The van der Waals surface area contributed by atoms with Crippen LogP contribution in [0.1, 0.15) is 29.8 Å². The molecule has 5 nitrogen and oxygen atoms in total. The van der Waals surface area contributed by atoms with Crippen molar-refractivity contribution in [1.29, 1.82) is 0 Å². The highest BCUT2D eigenvalue weighted by Crippen LogP contribution is 2.36. The van der Waals surface area contributed by atoms with Crippen LogP contribution in [0.2, 0.25) is 5.02 Å². The fourth-order valence-electron chi connectivity index (χ4n) is 3.54. The predicted molar refractivity (Wildman–Crippen MR) is 115 cm³/mol. The van der Waals surface area contributed by atoms with Gasteiger partial charge in [-0.05, 0) is 56.3 Å². The van der Waals surface area contributed by atoms with Gasteiger partial charge in [-0.1, -0.05) is 11.6 Å². The molecule has 0 aliphatic carbocycles. The van der Waals surface area contributed by atoms with Gasteiger partial charge in [0.25, 0.3) is 0 Å². The van der Waals surface area contributed by atoms with Crippen LogP contribution in [0.5, 0.6) is 0 Å². The molecule has 9 heteroatoms. The summed E-state index contributed by atoms with van der Waals surface area (Å²) in [6.07, 6.45) is -4.62. The lowest BCUT2D eigenvalue weighted by molar-refractivity contribution is -0.137. The van der Waals surface area contributed by atoms with E-state index in [2.05, 4.69) is 10.2 Å². The van der Waals surface area contributed by atoms with Crippen LogP contribution in [0.3, 0.4) is 0 Å². The molecule has 0 radical (unpaired) electrons. The van der Waals surface area contributed by atoms with Crippen molar-refractivity contribution in [2.45, 2.75) is 26.1 Å². The van der Waals surface area contributed by atoms with Gasteiger partial charge in [0.05, 0.1) is 17.3 Å².